The van der Waals surface area contributed by atoms with Gasteiger partial charge >= 0.3 is 0 Å². The zero-order chi connectivity index (χ0) is 9.84. The highest BCUT2D eigenvalue weighted by Crippen LogP contribution is 2.20. The van der Waals surface area contributed by atoms with Crippen LogP contribution in [0.25, 0.3) is 0 Å². The topological polar surface area (TPSA) is 0 Å². The summed E-state index contributed by atoms with van der Waals surface area (Å²) in [5.74, 6) is 0. The first-order valence-corrected chi connectivity index (χ1v) is 5.36. The van der Waals surface area contributed by atoms with Crippen molar-refractivity contribution in [2.24, 2.45) is 0 Å². The number of halogens is 2. The molecule has 0 saturated heterocycles. The van der Waals surface area contributed by atoms with Crippen LogP contribution >= 0.6 is 11.6 Å². The average molecular weight is 216 g/mol. The van der Waals surface area contributed by atoms with Gasteiger partial charge < -0.3 is 0 Å². The first kappa shape index (κ1) is 10.6. The van der Waals surface area contributed by atoms with Crippen molar-refractivity contribution in [3.63, 3.8) is 0 Å². The molecule has 0 aliphatic rings. The maximum Gasteiger partial charge on any atom is 0.240 e. The predicted molar refractivity (Wildman–Crippen MR) is 54.8 cm³/mol. The molecule has 0 bridgehead atoms. The summed E-state index contributed by atoms with van der Waals surface area (Å²) >= 11 is 5.47. The van der Waals surface area contributed by atoms with Crippen molar-refractivity contribution in [3.05, 3.63) is 44.9 Å². The number of rotatable bonds is 2. The Morgan fingerprint density at radius 2 is 1.69 bits per heavy atom. The van der Waals surface area contributed by atoms with Crippen molar-refractivity contribution in [2.75, 3.05) is 0 Å². The molecule has 0 unspecified atom stereocenters. The molecule has 1 rings (SSSR count). The monoisotopic (exact) mass is 215 g/mol. The van der Waals surface area contributed by atoms with Gasteiger partial charge in [-0.25, -0.2) is 0 Å². The Labute approximate surface area is 88.3 Å². The van der Waals surface area contributed by atoms with Crippen molar-refractivity contribution >= 4 is 11.6 Å². The van der Waals surface area contributed by atoms with Gasteiger partial charge in [0.15, 0.2) is 0 Å². The maximum atomic E-state index is 5.47. The number of aryl methyl sites for hydroxylation is 3. The number of benzene rings is 1. The van der Waals surface area contributed by atoms with Crippen LogP contribution in [0.5, 0.6) is 0 Å². The lowest BCUT2D eigenvalue weighted by atomic mass is 10.1. The highest BCUT2D eigenvalue weighted by Gasteiger charge is 2.14. The Balaban J connectivity index is 3.05. The fraction of sp³-hybridized carbons (Fsp3) is 0.273. The zero-order valence-electron chi connectivity index (χ0n) is 8.07. The Bertz CT molecular complexity index is 304. The van der Waals surface area contributed by atoms with E-state index in [1.807, 2.05) is 5.54 Å². The molecule has 0 N–H and O–H groups in total. The molecule has 0 heterocycles. The molecular weight excluding hydrogens is 203 g/mol. The fourth-order valence-corrected chi connectivity index (χ4v) is 2.19. The van der Waals surface area contributed by atoms with Crippen LogP contribution in [0.3, 0.4) is 0 Å². The van der Waals surface area contributed by atoms with Gasteiger partial charge in [-0.05, 0) is 20.8 Å². The maximum absolute atomic E-state index is 5.47. The van der Waals surface area contributed by atoms with Gasteiger partial charge in [-0.15, -0.1) is 0 Å². The molecule has 0 aliphatic heterocycles. The molecule has 1 aromatic rings. The van der Waals surface area contributed by atoms with Gasteiger partial charge in [0.1, 0.15) is 0 Å². The molecule has 0 nitrogen and oxygen atoms in total. The lowest BCUT2D eigenvalue weighted by Crippen LogP contribution is -1.89. The summed E-state index contributed by atoms with van der Waals surface area (Å²) in [7, 11) is 2.16. The van der Waals surface area contributed by atoms with Crippen LogP contribution in [0.2, 0.25) is 5.02 Å². The SMILES string of the molecule is Cc1cc(C)c([Cl+]/C=C/Cl)c(C)c1. The van der Waals surface area contributed by atoms with Crippen LogP contribution in [-0.4, -0.2) is 0 Å². The van der Waals surface area contributed by atoms with Crippen LogP contribution < -0.4 is 0 Å². The third-order valence-electron chi connectivity index (χ3n) is 1.80. The molecular formula is C11H13Cl2+. The van der Waals surface area contributed by atoms with Crippen LogP contribution in [0, 0.1) is 31.6 Å². The molecule has 70 valence electrons. The first-order chi connectivity index (χ1) is 6.15. The van der Waals surface area contributed by atoms with Crippen molar-refractivity contribution in [2.45, 2.75) is 20.8 Å². The Kier molecular flexibility index (Phi) is 3.83. The van der Waals surface area contributed by atoms with Crippen molar-refractivity contribution in [3.8, 4) is 0 Å². The minimum atomic E-state index is 1.25. The van der Waals surface area contributed by atoms with E-state index in [-0.39, 0.29) is 0 Å². The van der Waals surface area contributed by atoms with E-state index in [0.29, 0.717) is 0 Å². The molecule has 0 fully saturated rings. The van der Waals surface area contributed by atoms with E-state index in [0.717, 1.165) is 0 Å². The van der Waals surface area contributed by atoms with Crippen LogP contribution in [-0.2, 0) is 0 Å². The van der Waals surface area contributed by atoms with Gasteiger partial charge in [-0.3, -0.25) is 0 Å². The molecule has 0 atom stereocenters. The van der Waals surface area contributed by atoms with Gasteiger partial charge in [-0.1, -0.05) is 29.3 Å². The molecule has 0 radical (unpaired) electrons. The Morgan fingerprint density at radius 1 is 1.15 bits per heavy atom. The first-order valence-electron chi connectivity index (χ1n) is 4.11. The predicted octanol–water partition coefficient (Wildman–Crippen LogP) is 3.82. The molecule has 0 amide bonds. The van der Waals surface area contributed by atoms with E-state index in [4.69, 9.17) is 11.6 Å². The molecule has 0 aromatic heterocycles. The molecule has 0 spiro atoms. The summed E-state index contributed by atoms with van der Waals surface area (Å²) in [5, 5.41) is 1.25. The minimum absolute atomic E-state index is 1.25. The van der Waals surface area contributed by atoms with E-state index in [2.05, 4.69) is 43.7 Å². The van der Waals surface area contributed by atoms with E-state index in [1.165, 1.54) is 27.2 Å². The van der Waals surface area contributed by atoms with Crippen molar-refractivity contribution in [1.82, 2.24) is 0 Å². The lowest BCUT2D eigenvalue weighted by Gasteiger charge is -1.98. The summed E-state index contributed by atoms with van der Waals surface area (Å²) in [5.41, 5.74) is 7.25. The van der Waals surface area contributed by atoms with Gasteiger partial charge in [0.05, 0.1) is 5.54 Å². The van der Waals surface area contributed by atoms with Crippen molar-refractivity contribution < 1.29 is 10.8 Å². The fourth-order valence-electron chi connectivity index (χ4n) is 1.42. The standard InChI is InChI=1S/C11H13Cl2/c1-8-6-9(2)11(10(3)7-8)13-5-4-12/h4-7H,1-3H3/q+1/b5-4+. The number of hydrogen-bond acceptors (Lipinski definition) is 0. The van der Waals surface area contributed by atoms with Gasteiger partial charge in [0.2, 0.25) is 21.4 Å². The van der Waals surface area contributed by atoms with Crippen molar-refractivity contribution in [1.29, 1.82) is 0 Å². The molecule has 0 aliphatic carbocycles. The second kappa shape index (κ2) is 4.69. The van der Waals surface area contributed by atoms with E-state index >= 15 is 0 Å². The van der Waals surface area contributed by atoms with Gasteiger partial charge in [-0.2, -0.15) is 0 Å². The lowest BCUT2D eigenvalue weighted by molar-refractivity contribution is -0.525. The van der Waals surface area contributed by atoms with E-state index in [9.17, 15) is 0 Å². The Hall–Kier alpha value is -0.460. The van der Waals surface area contributed by atoms with Gasteiger partial charge in [0.25, 0.3) is 0 Å². The van der Waals surface area contributed by atoms with Crippen LogP contribution in [0.4, 0.5) is 0 Å². The summed E-state index contributed by atoms with van der Waals surface area (Å²) in [6.45, 7) is 6.34. The molecule has 0 saturated carbocycles. The average Bonchev–Trinajstić information content (AvgIpc) is 2.02. The third kappa shape index (κ3) is 2.75. The molecule has 2 heteroatoms. The quantitative estimate of drug-likeness (QED) is 0.704. The largest absolute Gasteiger partial charge is 0.240 e. The third-order valence-corrected chi connectivity index (χ3v) is 3.12. The Morgan fingerprint density at radius 3 is 2.15 bits per heavy atom. The van der Waals surface area contributed by atoms with Gasteiger partial charge in [0, 0.05) is 11.1 Å². The normalized spacial score (nSPS) is 11.1. The summed E-state index contributed by atoms with van der Waals surface area (Å²) in [6.07, 6.45) is 0. The zero-order valence-corrected chi connectivity index (χ0v) is 9.58. The minimum Gasteiger partial charge on any atom is -0.0874 e. The van der Waals surface area contributed by atoms with Crippen LogP contribution in [0.15, 0.2) is 23.2 Å². The van der Waals surface area contributed by atoms with E-state index < -0.39 is 0 Å². The summed E-state index contributed by atoms with van der Waals surface area (Å²) < 4.78 is 0. The van der Waals surface area contributed by atoms with E-state index in [1.54, 1.807) is 0 Å². The molecule has 1 aromatic carbocycles. The summed E-state index contributed by atoms with van der Waals surface area (Å²) in [6, 6.07) is 4.36. The second-order valence-electron chi connectivity index (χ2n) is 3.07. The number of hydrogen-bond donors (Lipinski definition) is 0. The second-order valence-corrected chi connectivity index (χ2v) is 4.17. The highest BCUT2D eigenvalue weighted by atomic mass is 35.5. The molecule has 13 heavy (non-hydrogen) atoms. The van der Waals surface area contributed by atoms with Crippen LogP contribution in [0.1, 0.15) is 16.7 Å². The summed E-state index contributed by atoms with van der Waals surface area (Å²) in [4.78, 5) is 0. The highest BCUT2D eigenvalue weighted by molar-refractivity contribution is 6.25. The smallest absolute Gasteiger partial charge is 0.0874 e.